The van der Waals surface area contributed by atoms with Gasteiger partial charge in [0.1, 0.15) is 0 Å². The number of benzene rings is 9. The van der Waals surface area contributed by atoms with E-state index in [1.54, 1.807) is 0 Å². The van der Waals surface area contributed by atoms with E-state index in [1.807, 2.05) is 11.3 Å². The van der Waals surface area contributed by atoms with Gasteiger partial charge in [0.25, 0.3) is 0 Å². The van der Waals surface area contributed by atoms with Gasteiger partial charge in [0.05, 0.1) is 38.8 Å². The average molecular weight is 847 g/mol. The quantitative estimate of drug-likeness (QED) is 0.168. The van der Waals surface area contributed by atoms with Crippen LogP contribution < -0.4 is 0 Å². The fourth-order valence-electron chi connectivity index (χ4n) is 11.7. The third kappa shape index (κ3) is 4.80. The molecule has 0 saturated heterocycles. The normalized spacial score (nSPS) is 12.8. The number of rotatable bonds is 4. The maximum atomic E-state index is 2.57. The first-order valence-corrected chi connectivity index (χ1v) is 23.4. The van der Waals surface area contributed by atoms with Crippen LogP contribution in [0.3, 0.4) is 0 Å². The number of hydrogen-bond acceptors (Lipinski definition) is 1. The Hall–Kier alpha value is -8.12. The molecule has 5 heteroatoms. The first-order valence-electron chi connectivity index (χ1n) is 22.6. The molecule has 14 aromatic rings. The fraction of sp³-hybridized carbons (Fsp3) is 0.0333. The number of nitrogens with zero attached hydrogens (tertiary/aromatic N) is 4. The van der Waals surface area contributed by atoms with Gasteiger partial charge < -0.3 is 18.3 Å². The minimum absolute atomic E-state index is 0.985. The van der Waals surface area contributed by atoms with Crippen molar-refractivity contribution < 1.29 is 0 Å². The highest BCUT2D eigenvalue weighted by molar-refractivity contribution is 7.25. The number of thiophene rings is 1. The summed E-state index contributed by atoms with van der Waals surface area (Å²) in [5.41, 5.74) is 17.6. The minimum Gasteiger partial charge on any atom is -0.313 e. The Kier molecular flexibility index (Phi) is 7.18. The van der Waals surface area contributed by atoms with Crippen LogP contribution in [0.1, 0.15) is 11.3 Å². The van der Waals surface area contributed by atoms with E-state index in [0.717, 1.165) is 18.5 Å². The van der Waals surface area contributed by atoms with Crippen molar-refractivity contribution in [3.63, 3.8) is 0 Å². The van der Waals surface area contributed by atoms with Gasteiger partial charge in [0.15, 0.2) is 0 Å². The van der Waals surface area contributed by atoms with Gasteiger partial charge in [-0.1, -0.05) is 115 Å². The summed E-state index contributed by atoms with van der Waals surface area (Å²) in [6.07, 6.45) is 1.97. The second-order valence-electron chi connectivity index (χ2n) is 17.5. The molecule has 1 aliphatic rings. The standard InChI is InChI=1S/C60H38N4S/c1-3-15-37(16-4-1)61-51-25-13-9-21-45(51)57-53(61)31-29-43-41-19-7-11-23-49(41)63(59(43)57)39-27-33-55-47(35-39)48-36-40(28-34-56(48)65-55)64-50-24-12-8-20-42(50)44-30-32-54-58(60(44)64)46-22-10-14-26-52(46)62(54)38-17-5-2-6-18-38/h1-29,31,33-36H,30,32H2. The first kappa shape index (κ1) is 35.4. The molecule has 9 aromatic carbocycles. The Morgan fingerprint density at radius 1 is 0.323 bits per heavy atom. The third-order valence-electron chi connectivity index (χ3n) is 14.3. The van der Waals surface area contributed by atoms with E-state index >= 15 is 0 Å². The zero-order valence-corrected chi connectivity index (χ0v) is 36.1. The molecular formula is C60H38N4S. The highest BCUT2D eigenvalue weighted by Gasteiger charge is 2.31. The van der Waals surface area contributed by atoms with E-state index in [-0.39, 0.29) is 0 Å². The van der Waals surface area contributed by atoms with Crippen molar-refractivity contribution in [2.75, 3.05) is 0 Å². The molecule has 1 aliphatic carbocycles. The lowest BCUT2D eigenvalue weighted by Crippen LogP contribution is -2.09. The molecule has 0 fully saturated rings. The number of aryl methyl sites for hydroxylation is 1. The van der Waals surface area contributed by atoms with Crippen LogP contribution in [0.4, 0.5) is 0 Å². The van der Waals surface area contributed by atoms with Crippen molar-refractivity contribution in [2.45, 2.75) is 12.8 Å². The van der Waals surface area contributed by atoms with Crippen LogP contribution in [0.15, 0.2) is 206 Å². The lowest BCUT2D eigenvalue weighted by Gasteiger charge is -2.20. The molecule has 0 amide bonds. The highest BCUT2D eigenvalue weighted by Crippen LogP contribution is 2.49. The topological polar surface area (TPSA) is 19.7 Å². The lowest BCUT2D eigenvalue weighted by atomic mass is 9.91. The molecule has 0 aliphatic heterocycles. The van der Waals surface area contributed by atoms with Crippen LogP contribution in [0.5, 0.6) is 0 Å². The van der Waals surface area contributed by atoms with Crippen LogP contribution in [-0.2, 0) is 12.8 Å². The molecular weight excluding hydrogens is 809 g/mol. The molecule has 0 atom stereocenters. The summed E-state index contributed by atoms with van der Waals surface area (Å²) in [4.78, 5) is 0. The predicted octanol–water partition coefficient (Wildman–Crippen LogP) is 15.9. The second kappa shape index (κ2) is 13.2. The second-order valence-corrected chi connectivity index (χ2v) is 18.6. The van der Waals surface area contributed by atoms with E-state index < -0.39 is 0 Å². The van der Waals surface area contributed by atoms with Gasteiger partial charge in [0.2, 0.25) is 0 Å². The summed E-state index contributed by atoms with van der Waals surface area (Å²) < 4.78 is 12.6. The highest BCUT2D eigenvalue weighted by atomic mass is 32.1. The van der Waals surface area contributed by atoms with Crippen LogP contribution >= 0.6 is 11.3 Å². The van der Waals surface area contributed by atoms with Gasteiger partial charge >= 0.3 is 0 Å². The Bertz CT molecular complexity index is 4290. The van der Waals surface area contributed by atoms with Crippen LogP contribution in [-0.4, -0.2) is 18.3 Å². The van der Waals surface area contributed by atoms with Gasteiger partial charge in [-0.2, -0.15) is 0 Å². The molecule has 0 radical (unpaired) electrons. The number of para-hydroxylation sites is 6. The predicted molar refractivity (Wildman–Crippen MR) is 275 cm³/mol. The summed E-state index contributed by atoms with van der Waals surface area (Å²) in [6, 6.07) is 76.5. The molecule has 5 aromatic heterocycles. The zero-order chi connectivity index (χ0) is 42.3. The molecule has 15 rings (SSSR count). The average Bonchev–Trinajstić information content (AvgIpc) is 4.16. The van der Waals surface area contributed by atoms with E-state index in [4.69, 9.17) is 0 Å². The van der Waals surface area contributed by atoms with Gasteiger partial charge in [0, 0.05) is 86.5 Å². The first-order chi connectivity index (χ1) is 32.3. The van der Waals surface area contributed by atoms with Crippen LogP contribution in [0.2, 0.25) is 0 Å². The Morgan fingerprint density at radius 3 is 1.52 bits per heavy atom. The lowest BCUT2D eigenvalue weighted by molar-refractivity contribution is 0.863. The van der Waals surface area contributed by atoms with Gasteiger partial charge in [-0.05, 0) is 109 Å². The van der Waals surface area contributed by atoms with Crippen molar-refractivity contribution in [3.8, 4) is 34.0 Å². The van der Waals surface area contributed by atoms with Crippen molar-refractivity contribution in [2.24, 2.45) is 0 Å². The summed E-state index contributed by atoms with van der Waals surface area (Å²) in [6.45, 7) is 0. The monoisotopic (exact) mass is 846 g/mol. The largest absolute Gasteiger partial charge is 0.313 e. The third-order valence-corrected chi connectivity index (χ3v) is 15.4. The van der Waals surface area contributed by atoms with Crippen molar-refractivity contribution in [1.82, 2.24) is 18.3 Å². The zero-order valence-electron chi connectivity index (χ0n) is 35.2. The summed E-state index contributed by atoms with van der Waals surface area (Å²) in [5, 5.41) is 10.3. The summed E-state index contributed by atoms with van der Waals surface area (Å²) in [7, 11) is 0. The molecule has 0 bridgehead atoms. The summed E-state index contributed by atoms with van der Waals surface area (Å²) in [5.74, 6) is 0. The number of aromatic nitrogens is 4. The maximum Gasteiger partial charge on any atom is 0.0641 e. The summed E-state index contributed by atoms with van der Waals surface area (Å²) >= 11 is 1.88. The molecule has 65 heavy (non-hydrogen) atoms. The molecule has 4 nitrogen and oxygen atoms in total. The molecule has 0 spiro atoms. The maximum absolute atomic E-state index is 2.57. The van der Waals surface area contributed by atoms with E-state index in [2.05, 4.69) is 225 Å². The molecule has 0 N–H and O–H groups in total. The van der Waals surface area contributed by atoms with E-state index in [0.29, 0.717) is 0 Å². The molecule has 0 saturated carbocycles. The van der Waals surface area contributed by atoms with Gasteiger partial charge in [-0.3, -0.25) is 0 Å². The van der Waals surface area contributed by atoms with Crippen molar-refractivity contribution in [1.29, 1.82) is 0 Å². The van der Waals surface area contributed by atoms with Crippen molar-refractivity contribution in [3.05, 3.63) is 218 Å². The minimum atomic E-state index is 0.985. The fourth-order valence-corrected chi connectivity index (χ4v) is 12.7. The van der Waals surface area contributed by atoms with Crippen molar-refractivity contribution >= 4 is 96.9 Å². The van der Waals surface area contributed by atoms with Gasteiger partial charge in [-0.25, -0.2) is 0 Å². The van der Waals surface area contributed by atoms with Crippen LogP contribution in [0.25, 0.3) is 120 Å². The van der Waals surface area contributed by atoms with E-state index in [9.17, 15) is 0 Å². The van der Waals surface area contributed by atoms with E-state index in [1.165, 1.54) is 125 Å². The molecule has 304 valence electrons. The molecule has 5 heterocycles. The SMILES string of the molecule is c1ccc(-n2c3c(c4ccccc42)-c2c(c4ccccc4n2-c2ccc4sc5ccc(-n6c7ccccc7c7ccc8c(c9ccccc9n8-c8ccccc8)c76)cc5c4c2)CC3)cc1. The van der Waals surface area contributed by atoms with Gasteiger partial charge in [-0.15, -0.1) is 11.3 Å². The Balaban J connectivity index is 0.988. The smallest absolute Gasteiger partial charge is 0.0641 e. The Labute approximate surface area is 377 Å². The number of hydrogen-bond donors (Lipinski definition) is 0. The molecule has 0 unspecified atom stereocenters. The number of fused-ring (bicyclic) bond motifs is 17. The van der Waals surface area contributed by atoms with Crippen LogP contribution in [0, 0.1) is 0 Å². The Morgan fingerprint density at radius 2 is 0.846 bits per heavy atom.